The molecule has 49 heavy (non-hydrogen) atoms. The van der Waals surface area contributed by atoms with E-state index >= 15 is 0 Å². The fraction of sp³-hybridized carbons (Fsp3) is 0.872. The summed E-state index contributed by atoms with van der Waals surface area (Å²) in [6, 6.07) is 0.329. The smallest absolute Gasteiger partial charge is 0.350 e. The van der Waals surface area contributed by atoms with Crippen molar-refractivity contribution in [2.75, 3.05) is 19.7 Å². The van der Waals surface area contributed by atoms with Crippen LogP contribution in [-0.4, -0.2) is 94.0 Å². The van der Waals surface area contributed by atoms with E-state index in [1.807, 2.05) is 4.90 Å². The Hall–Kier alpha value is -2.17. The molecule has 2 spiro atoms. The van der Waals surface area contributed by atoms with E-state index in [1.165, 1.54) is 0 Å². The maximum Gasteiger partial charge on any atom is 0.350 e. The SMILES string of the molecule is C.CCCCN(C[C@@H](O)CCC)C(=O)CCCCCCOC(=O)[C@@H]1[C@@H]2CC[C@H]3C[C@@]4(CCC=C[C@H](CC)O4)NC(=[N+]32)N[C@]12CCC[C@@H](C)O2. The van der Waals surface area contributed by atoms with E-state index in [9.17, 15) is 14.7 Å². The molecule has 8 atom stereocenters. The maximum atomic E-state index is 14.0. The van der Waals surface area contributed by atoms with Crippen LogP contribution in [0.3, 0.4) is 0 Å². The first-order valence-electron chi connectivity index (χ1n) is 19.6. The fourth-order valence-electron chi connectivity index (χ4n) is 8.89. The molecule has 2 fully saturated rings. The van der Waals surface area contributed by atoms with Gasteiger partial charge < -0.3 is 24.2 Å². The molecule has 0 aromatic rings. The Morgan fingerprint density at radius 1 is 1.06 bits per heavy atom. The first-order chi connectivity index (χ1) is 23.2. The highest BCUT2D eigenvalue weighted by atomic mass is 16.6. The Morgan fingerprint density at radius 2 is 1.88 bits per heavy atom. The number of guanidine groups is 1. The molecule has 5 rings (SSSR count). The third kappa shape index (κ3) is 9.59. The standard InChI is InChI=1S/C38H64N4O6.CH4/c1-5-8-24-41(27-30(43)16-6-2)33(44)19-11-9-10-14-25-46-35(45)34-32-21-20-29-26-37(22-13-12-18-31(7-3)48-37)39-36(42(29)32)40-38(34)23-15-17-28(4)47-38;/h12,18,28-32,34,43H,5-11,13-17,19-27H2,1-4H3,(H,39,40);1H4/p+1/t28-,29+,30+,31+,32+,34+,37+,38+;/m1./s1. The van der Waals surface area contributed by atoms with Gasteiger partial charge in [0, 0.05) is 38.8 Å². The number of allylic oxidation sites excluding steroid dienone is 1. The van der Waals surface area contributed by atoms with Crippen LogP contribution >= 0.6 is 0 Å². The molecule has 0 radical (unpaired) electrons. The topological polar surface area (TPSA) is 112 Å². The van der Waals surface area contributed by atoms with Crippen molar-refractivity contribution in [1.29, 1.82) is 0 Å². The number of ether oxygens (including phenoxy) is 3. The molecule has 5 aliphatic heterocycles. The number of carbonyl (C=O) groups excluding carboxylic acids is 2. The van der Waals surface area contributed by atoms with Crippen LogP contribution in [0.5, 0.6) is 0 Å². The lowest BCUT2D eigenvalue weighted by molar-refractivity contribution is -0.609. The molecule has 10 nitrogen and oxygen atoms in total. The first kappa shape index (κ1) is 39.6. The van der Waals surface area contributed by atoms with E-state index in [-0.39, 0.29) is 37.6 Å². The summed E-state index contributed by atoms with van der Waals surface area (Å²) in [7, 11) is 0. The minimum atomic E-state index is -0.798. The molecule has 0 aliphatic carbocycles. The molecule has 0 saturated carbocycles. The maximum absolute atomic E-state index is 14.0. The second-order valence-corrected chi connectivity index (χ2v) is 15.2. The van der Waals surface area contributed by atoms with E-state index in [4.69, 9.17) is 14.2 Å². The van der Waals surface area contributed by atoms with E-state index in [1.54, 1.807) is 0 Å². The van der Waals surface area contributed by atoms with Crippen molar-refractivity contribution in [3.63, 3.8) is 0 Å². The van der Waals surface area contributed by atoms with Gasteiger partial charge in [0.1, 0.15) is 0 Å². The number of rotatable bonds is 16. The second kappa shape index (κ2) is 18.4. The zero-order valence-corrected chi connectivity index (χ0v) is 30.4. The van der Waals surface area contributed by atoms with Gasteiger partial charge in [-0.1, -0.05) is 66.0 Å². The summed E-state index contributed by atoms with van der Waals surface area (Å²) in [5.41, 5.74) is -1.22. The molecule has 2 saturated heterocycles. The highest BCUT2D eigenvalue weighted by molar-refractivity contribution is 5.82. The van der Waals surface area contributed by atoms with E-state index in [0.717, 1.165) is 115 Å². The number of nitrogens with zero attached hydrogens (tertiary/aromatic N) is 2. The Balaban J connectivity index is 0.00000541. The van der Waals surface area contributed by atoms with Gasteiger partial charge in [-0.25, -0.2) is 10.6 Å². The van der Waals surface area contributed by atoms with E-state index < -0.39 is 23.5 Å². The summed E-state index contributed by atoms with van der Waals surface area (Å²) in [4.78, 5) is 28.8. The summed E-state index contributed by atoms with van der Waals surface area (Å²) in [5, 5.41) is 17.9. The Morgan fingerprint density at radius 3 is 2.63 bits per heavy atom. The molecule has 0 unspecified atom stereocenters. The third-order valence-electron chi connectivity index (χ3n) is 11.3. The van der Waals surface area contributed by atoms with Crippen LogP contribution in [-0.2, 0) is 23.8 Å². The van der Waals surface area contributed by atoms with Crippen molar-refractivity contribution < 1.29 is 33.5 Å². The van der Waals surface area contributed by atoms with Crippen LogP contribution in [0.1, 0.15) is 151 Å². The lowest BCUT2D eigenvalue weighted by atomic mass is 9.80. The summed E-state index contributed by atoms with van der Waals surface area (Å²) >= 11 is 0. The number of nitrogens with one attached hydrogen (secondary N) is 2. The summed E-state index contributed by atoms with van der Waals surface area (Å²) in [6.45, 7) is 10.00. The normalized spacial score (nSPS) is 32.5. The third-order valence-corrected chi connectivity index (χ3v) is 11.3. The monoisotopic (exact) mass is 690 g/mol. The molecular weight excluding hydrogens is 620 g/mol. The van der Waals surface area contributed by atoms with Crippen LogP contribution in [0.25, 0.3) is 0 Å². The van der Waals surface area contributed by atoms with Gasteiger partial charge in [-0.05, 0) is 71.1 Å². The summed E-state index contributed by atoms with van der Waals surface area (Å²) in [5.74, 6) is 0.541. The number of carbonyl (C=O) groups is 2. The average Bonchev–Trinajstić information content (AvgIpc) is 3.36. The van der Waals surface area contributed by atoms with Crippen LogP contribution < -0.4 is 10.6 Å². The minimum Gasteiger partial charge on any atom is -0.465 e. The predicted octanol–water partition coefficient (Wildman–Crippen LogP) is 6.14. The fourth-order valence-corrected chi connectivity index (χ4v) is 8.89. The van der Waals surface area contributed by atoms with Crippen molar-refractivity contribution in [1.82, 2.24) is 15.5 Å². The van der Waals surface area contributed by atoms with Gasteiger partial charge >= 0.3 is 11.9 Å². The minimum absolute atomic E-state index is 0. The van der Waals surface area contributed by atoms with Crippen LogP contribution in [0.2, 0.25) is 0 Å². The average molecular weight is 690 g/mol. The molecule has 280 valence electrons. The second-order valence-electron chi connectivity index (χ2n) is 15.2. The van der Waals surface area contributed by atoms with Gasteiger partial charge in [-0.3, -0.25) is 14.2 Å². The van der Waals surface area contributed by atoms with Gasteiger partial charge in [0.05, 0.1) is 37.0 Å². The molecule has 1 amide bonds. The van der Waals surface area contributed by atoms with Crippen molar-refractivity contribution in [3.05, 3.63) is 12.2 Å². The lowest BCUT2D eigenvalue weighted by Gasteiger charge is -2.50. The van der Waals surface area contributed by atoms with E-state index in [0.29, 0.717) is 32.2 Å². The molecular formula is C39H69N4O6+. The van der Waals surface area contributed by atoms with Gasteiger partial charge in [0.15, 0.2) is 11.6 Å². The molecule has 5 aliphatic rings. The Labute approximate surface area is 296 Å². The molecule has 0 bridgehead atoms. The van der Waals surface area contributed by atoms with E-state index in [2.05, 4.69) is 55.1 Å². The van der Waals surface area contributed by atoms with Gasteiger partial charge in [0.2, 0.25) is 11.6 Å². The number of amides is 1. The Kier molecular flexibility index (Phi) is 14.8. The number of hydrogen-bond donors (Lipinski definition) is 3. The number of aliphatic hydroxyl groups excluding tert-OH is 1. The molecule has 10 heteroatoms. The Bertz CT molecular complexity index is 1150. The van der Waals surface area contributed by atoms with Crippen molar-refractivity contribution in [2.24, 2.45) is 5.92 Å². The lowest BCUT2D eigenvalue weighted by Crippen LogP contribution is -2.76. The predicted molar refractivity (Wildman–Crippen MR) is 193 cm³/mol. The highest BCUT2D eigenvalue weighted by Gasteiger charge is 2.64. The van der Waals surface area contributed by atoms with Gasteiger partial charge in [-0.15, -0.1) is 0 Å². The van der Waals surface area contributed by atoms with Crippen molar-refractivity contribution >= 4 is 17.8 Å². The number of unbranched alkanes of at least 4 members (excludes halogenated alkanes) is 4. The number of hydrogen-bond acceptors (Lipinski definition) is 8. The highest BCUT2D eigenvalue weighted by Crippen LogP contribution is 2.45. The number of esters is 1. The summed E-state index contributed by atoms with van der Waals surface area (Å²) < 4.78 is 22.0. The quantitative estimate of drug-likeness (QED) is 0.0767. The van der Waals surface area contributed by atoms with Gasteiger partial charge in [0.25, 0.3) is 0 Å². The van der Waals surface area contributed by atoms with Gasteiger partial charge in [-0.2, -0.15) is 0 Å². The molecule has 0 aromatic carbocycles. The first-order valence-corrected chi connectivity index (χ1v) is 19.6. The zero-order valence-electron chi connectivity index (χ0n) is 30.4. The van der Waals surface area contributed by atoms with Crippen LogP contribution in [0.15, 0.2) is 12.2 Å². The van der Waals surface area contributed by atoms with Crippen molar-refractivity contribution in [3.8, 4) is 0 Å². The zero-order chi connectivity index (χ0) is 34.1. The van der Waals surface area contributed by atoms with Crippen LogP contribution in [0, 0.1) is 5.92 Å². The molecule has 5 heterocycles. The molecule has 3 N–H and O–H groups in total. The largest absolute Gasteiger partial charge is 0.465 e. The van der Waals surface area contributed by atoms with Crippen molar-refractivity contribution in [2.45, 2.75) is 193 Å². The molecule has 0 aromatic heterocycles. The summed E-state index contributed by atoms with van der Waals surface area (Å²) in [6.07, 6.45) is 20.2. The van der Waals surface area contributed by atoms with Crippen LogP contribution in [0.4, 0.5) is 0 Å². The number of aliphatic hydroxyl groups is 1.